The van der Waals surface area contributed by atoms with Gasteiger partial charge in [-0.3, -0.25) is 4.79 Å². The third kappa shape index (κ3) is 2.98. The first kappa shape index (κ1) is 17.7. The molecule has 1 aliphatic rings. The van der Waals surface area contributed by atoms with Crippen molar-refractivity contribution in [1.29, 1.82) is 5.26 Å². The van der Waals surface area contributed by atoms with Crippen LogP contribution in [0.4, 0.5) is 11.4 Å². The smallest absolute Gasteiger partial charge is 0.357 e. The van der Waals surface area contributed by atoms with E-state index in [0.29, 0.717) is 11.4 Å². The fourth-order valence-electron chi connectivity index (χ4n) is 2.64. The maximum atomic E-state index is 12.1. The Kier molecular flexibility index (Phi) is 4.35. The zero-order chi connectivity index (χ0) is 19.7. The van der Waals surface area contributed by atoms with Gasteiger partial charge in [-0.1, -0.05) is 6.07 Å². The first-order chi connectivity index (χ1) is 12.9. The number of nitrogen functional groups attached to an aromatic ring is 1. The van der Waals surface area contributed by atoms with Crippen LogP contribution in [0, 0.1) is 11.3 Å². The summed E-state index contributed by atoms with van der Waals surface area (Å²) < 4.78 is 6.09. The lowest BCUT2D eigenvalue weighted by Gasteiger charge is -2.14. The van der Waals surface area contributed by atoms with E-state index in [-0.39, 0.29) is 29.1 Å². The minimum absolute atomic E-state index is 0.0295. The largest absolute Gasteiger partial charge is 0.477 e. The van der Waals surface area contributed by atoms with Crippen LogP contribution in [-0.4, -0.2) is 40.3 Å². The van der Waals surface area contributed by atoms with Crippen LogP contribution in [0.3, 0.4) is 0 Å². The number of carbonyl (C=O) groups is 3. The molecular formula is C17H13N5O5. The minimum atomic E-state index is -1.27. The van der Waals surface area contributed by atoms with E-state index in [1.54, 1.807) is 18.2 Å². The number of hydrazone groups is 1. The van der Waals surface area contributed by atoms with Crippen LogP contribution in [0.5, 0.6) is 0 Å². The number of nitriles is 1. The molecule has 27 heavy (non-hydrogen) atoms. The molecule has 0 fully saturated rings. The Morgan fingerprint density at radius 1 is 1.37 bits per heavy atom. The van der Waals surface area contributed by atoms with Gasteiger partial charge in [0, 0.05) is 11.9 Å². The van der Waals surface area contributed by atoms with E-state index in [2.05, 4.69) is 5.10 Å². The highest BCUT2D eigenvalue weighted by molar-refractivity contribution is 6.42. The minimum Gasteiger partial charge on any atom is -0.477 e. The molecule has 0 unspecified atom stereocenters. The van der Waals surface area contributed by atoms with Gasteiger partial charge in [0.15, 0.2) is 11.4 Å². The summed E-state index contributed by atoms with van der Waals surface area (Å²) in [5.41, 5.74) is 6.34. The number of hydrogen-bond donors (Lipinski definition) is 2. The summed E-state index contributed by atoms with van der Waals surface area (Å²) in [5.74, 6) is -2.50. The number of rotatable bonds is 4. The van der Waals surface area contributed by atoms with E-state index in [1.807, 2.05) is 6.07 Å². The lowest BCUT2D eigenvalue weighted by molar-refractivity contribution is -0.129. The highest BCUT2D eigenvalue weighted by atomic mass is 16.5. The van der Waals surface area contributed by atoms with Crippen molar-refractivity contribution >= 4 is 34.9 Å². The average molecular weight is 367 g/mol. The maximum absolute atomic E-state index is 12.1. The highest BCUT2D eigenvalue weighted by Crippen LogP contribution is 2.28. The van der Waals surface area contributed by atoms with Crippen LogP contribution in [0.2, 0.25) is 0 Å². The second-order valence-corrected chi connectivity index (χ2v) is 5.53. The van der Waals surface area contributed by atoms with Crippen molar-refractivity contribution in [1.82, 2.24) is 4.57 Å². The van der Waals surface area contributed by atoms with Gasteiger partial charge >= 0.3 is 11.9 Å². The molecule has 0 aliphatic carbocycles. The number of nitrogens with zero attached hydrogens (tertiary/aromatic N) is 4. The van der Waals surface area contributed by atoms with E-state index in [9.17, 15) is 19.6 Å². The molecule has 0 saturated heterocycles. The zero-order valence-corrected chi connectivity index (χ0v) is 14.0. The number of anilines is 2. The van der Waals surface area contributed by atoms with Gasteiger partial charge in [0.2, 0.25) is 0 Å². The molecule has 0 spiro atoms. The van der Waals surface area contributed by atoms with E-state index in [1.165, 1.54) is 23.9 Å². The summed E-state index contributed by atoms with van der Waals surface area (Å²) >= 11 is 0. The van der Waals surface area contributed by atoms with Crippen LogP contribution < -0.4 is 10.7 Å². The number of amides is 1. The van der Waals surface area contributed by atoms with Gasteiger partial charge in [-0.2, -0.15) is 15.4 Å². The van der Waals surface area contributed by atoms with Gasteiger partial charge in [0.25, 0.3) is 5.91 Å². The van der Waals surface area contributed by atoms with E-state index in [4.69, 9.17) is 15.6 Å². The SMILES string of the molecule is COC(=O)c1c(N)c(C#N)cn1-c1cccc(N2N=C(C(=O)O)CC2=O)c1. The number of carbonyl (C=O) groups excluding carboxylic acids is 2. The molecule has 0 bridgehead atoms. The van der Waals surface area contributed by atoms with Crippen LogP contribution in [0.25, 0.3) is 5.69 Å². The van der Waals surface area contributed by atoms with Crippen molar-refractivity contribution in [2.45, 2.75) is 6.42 Å². The molecule has 1 aromatic heterocycles. The fourth-order valence-corrected chi connectivity index (χ4v) is 2.64. The lowest BCUT2D eigenvalue weighted by Crippen LogP contribution is -2.20. The Bertz CT molecular complexity index is 1050. The second-order valence-electron chi connectivity index (χ2n) is 5.53. The summed E-state index contributed by atoms with van der Waals surface area (Å²) in [4.78, 5) is 35.2. The topological polar surface area (TPSA) is 151 Å². The van der Waals surface area contributed by atoms with Gasteiger partial charge < -0.3 is 20.1 Å². The zero-order valence-electron chi connectivity index (χ0n) is 14.0. The number of hydrogen-bond acceptors (Lipinski definition) is 7. The van der Waals surface area contributed by atoms with Crippen molar-refractivity contribution in [2.24, 2.45) is 5.10 Å². The van der Waals surface area contributed by atoms with Gasteiger partial charge in [-0.05, 0) is 18.2 Å². The summed E-state index contributed by atoms with van der Waals surface area (Å²) in [6.07, 6.45) is 1.06. The number of esters is 1. The Hall–Kier alpha value is -4.13. The van der Waals surface area contributed by atoms with Crippen LogP contribution >= 0.6 is 0 Å². The van der Waals surface area contributed by atoms with Crippen molar-refractivity contribution in [3.8, 4) is 11.8 Å². The second kappa shape index (κ2) is 6.64. The number of aliphatic carboxylic acids is 1. The molecule has 2 heterocycles. The third-order valence-corrected chi connectivity index (χ3v) is 3.92. The van der Waals surface area contributed by atoms with E-state index in [0.717, 1.165) is 5.01 Å². The standard InChI is InChI=1S/C17H13N5O5/c1-27-17(26)15-14(19)9(7-18)8-21(15)10-3-2-4-11(5-10)22-13(23)6-12(20-22)16(24)25/h2-5,8H,6,19H2,1H3,(H,24,25). The Morgan fingerprint density at radius 3 is 2.67 bits per heavy atom. The predicted molar refractivity (Wildman–Crippen MR) is 93.4 cm³/mol. The Balaban J connectivity index is 2.10. The van der Waals surface area contributed by atoms with Crippen LogP contribution in [0.1, 0.15) is 22.5 Å². The normalized spacial score (nSPS) is 13.3. The third-order valence-electron chi connectivity index (χ3n) is 3.92. The number of methoxy groups -OCH3 is 1. The first-order valence-corrected chi connectivity index (χ1v) is 7.60. The van der Waals surface area contributed by atoms with Crippen LogP contribution in [-0.2, 0) is 14.3 Å². The Labute approximate surface area is 152 Å². The molecule has 0 saturated carbocycles. The van der Waals surface area contributed by atoms with E-state index >= 15 is 0 Å². The van der Waals surface area contributed by atoms with Crippen molar-refractivity contribution in [3.63, 3.8) is 0 Å². The van der Waals surface area contributed by atoms with Gasteiger partial charge in [0.1, 0.15) is 6.07 Å². The molecule has 3 rings (SSSR count). The van der Waals surface area contributed by atoms with E-state index < -0.39 is 17.8 Å². The monoisotopic (exact) mass is 367 g/mol. The number of nitrogens with two attached hydrogens (primary N) is 1. The van der Waals surface area contributed by atoms with Crippen molar-refractivity contribution in [2.75, 3.05) is 17.9 Å². The van der Waals surface area contributed by atoms with Gasteiger partial charge in [-0.15, -0.1) is 0 Å². The molecule has 2 aromatic rings. The number of aromatic nitrogens is 1. The van der Waals surface area contributed by atoms with Crippen molar-refractivity contribution in [3.05, 3.63) is 41.7 Å². The van der Waals surface area contributed by atoms with Gasteiger partial charge in [-0.25, -0.2) is 9.59 Å². The quantitative estimate of drug-likeness (QED) is 0.762. The molecule has 1 aromatic carbocycles. The number of carboxylic acids is 1. The molecule has 10 nitrogen and oxygen atoms in total. The number of benzene rings is 1. The molecule has 1 aliphatic heterocycles. The molecular weight excluding hydrogens is 354 g/mol. The number of carboxylic acid groups (broad SMARTS) is 1. The molecule has 3 N–H and O–H groups in total. The summed E-state index contributed by atoms with van der Waals surface area (Å²) in [5, 5.41) is 23.0. The maximum Gasteiger partial charge on any atom is 0.357 e. The molecule has 0 atom stereocenters. The fraction of sp³-hybridized carbons (Fsp3) is 0.118. The summed E-state index contributed by atoms with van der Waals surface area (Å²) in [7, 11) is 1.19. The number of ether oxygens (including phenoxy) is 1. The van der Waals surface area contributed by atoms with Crippen LogP contribution in [0.15, 0.2) is 35.6 Å². The Morgan fingerprint density at radius 2 is 2.07 bits per heavy atom. The highest BCUT2D eigenvalue weighted by Gasteiger charge is 2.29. The lowest BCUT2D eigenvalue weighted by atomic mass is 10.2. The molecule has 0 radical (unpaired) electrons. The molecule has 1 amide bonds. The molecule has 10 heteroatoms. The van der Waals surface area contributed by atoms with Crippen molar-refractivity contribution < 1.29 is 24.2 Å². The average Bonchev–Trinajstić information content (AvgIpc) is 3.21. The molecule has 136 valence electrons. The predicted octanol–water partition coefficient (Wildman–Crippen LogP) is 0.895. The van der Waals surface area contributed by atoms with Gasteiger partial charge in [0.05, 0.1) is 30.5 Å². The summed E-state index contributed by atoms with van der Waals surface area (Å²) in [6, 6.07) is 8.19. The summed E-state index contributed by atoms with van der Waals surface area (Å²) in [6.45, 7) is 0. The first-order valence-electron chi connectivity index (χ1n) is 7.60.